The third kappa shape index (κ3) is 6.11. The van der Waals surface area contributed by atoms with Gasteiger partial charge in [-0.2, -0.15) is 0 Å². The topological polar surface area (TPSA) is 41.5 Å². The molecule has 0 fully saturated rings. The van der Waals surface area contributed by atoms with Gasteiger partial charge >= 0.3 is 0 Å². The molecular weight excluding hydrogens is 250 g/mol. The second-order valence-corrected chi connectivity index (χ2v) is 5.24. The number of aliphatic hydroxyl groups is 1. The molecule has 0 bridgehead atoms. The van der Waals surface area contributed by atoms with Crippen LogP contribution in [0.25, 0.3) is 0 Å². The predicted molar refractivity (Wildman–Crippen MR) is 85.3 cm³/mol. The summed E-state index contributed by atoms with van der Waals surface area (Å²) in [6, 6.07) is 8.41. The van der Waals surface area contributed by atoms with Gasteiger partial charge in [0, 0.05) is 18.3 Å². The maximum Gasteiger partial charge on any atom is 0.119 e. The molecule has 0 aromatic heterocycles. The summed E-state index contributed by atoms with van der Waals surface area (Å²) in [6.07, 6.45) is 6.01. The van der Waals surface area contributed by atoms with Gasteiger partial charge in [-0.1, -0.05) is 13.0 Å². The molecule has 0 amide bonds. The smallest absolute Gasteiger partial charge is 0.119 e. The van der Waals surface area contributed by atoms with Crippen molar-refractivity contribution >= 4 is 5.69 Å². The molecule has 2 N–H and O–H groups in total. The van der Waals surface area contributed by atoms with Crippen LogP contribution in [0, 0.1) is 5.92 Å². The lowest BCUT2D eigenvalue weighted by Crippen LogP contribution is -2.22. The minimum absolute atomic E-state index is 0.270. The van der Waals surface area contributed by atoms with Crippen molar-refractivity contribution in [2.75, 3.05) is 19.0 Å². The minimum atomic E-state index is 0.270. The molecule has 2 atom stereocenters. The summed E-state index contributed by atoms with van der Waals surface area (Å²) in [6.45, 7) is 6.31. The highest BCUT2D eigenvalue weighted by molar-refractivity contribution is 5.47. The van der Waals surface area contributed by atoms with Crippen LogP contribution in [-0.2, 0) is 0 Å². The number of nitrogens with one attached hydrogen (secondary N) is 1. The van der Waals surface area contributed by atoms with Crippen LogP contribution in [0.5, 0.6) is 5.75 Å². The third-order valence-corrected chi connectivity index (χ3v) is 3.48. The number of methoxy groups -OCH3 is 1. The molecule has 1 aromatic rings. The van der Waals surface area contributed by atoms with Gasteiger partial charge < -0.3 is 15.2 Å². The fourth-order valence-electron chi connectivity index (χ4n) is 2.22. The number of ether oxygens (including phenoxy) is 1. The fourth-order valence-corrected chi connectivity index (χ4v) is 2.22. The number of unbranched alkanes of at least 4 members (excludes halogenated alkanes) is 1. The molecule has 0 aliphatic heterocycles. The largest absolute Gasteiger partial charge is 0.497 e. The van der Waals surface area contributed by atoms with Crippen LogP contribution in [0.3, 0.4) is 0 Å². The molecule has 2 unspecified atom stereocenters. The predicted octanol–water partition coefficient (Wildman–Crippen LogP) is 3.85. The van der Waals surface area contributed by atoms with Gasteiger partial charge in [-0.25, -0.2) is 0 Å². The highest BCUT2D eigenvalue weighted by Gasteiger charge is 2.11. The van der Waals surface area contributed by atoms with Crippen LogP contribution in [0.15, 0.2) is 36.9 Å². The maximum atomic E-state index is 8.90. The van der Waals surface area contributed by atoms with E-state index >= 15 is 0 Å². The van der Waals surface area contributed by atoms with Gasteiger partial charge in [-0.05, 0) is 55.9 Å². The molecule has 0 saturated carbocycles. The highest BCUT2D eigenvalue weighted by atomic mass is 16.5. The molecule has 1 aromatic carbocycles. The maximum absolute atomic E-state index is 8.90. The summed E-state index contributed by atoms with van der Waals surface area (Å²) in [5.74, 6) is 1.35. The standard InChI is InChI=1S/C17H27NO2/c1-4-14(2)13-16(7-5-6-12-19)18-15-8-10-17(20-3)11-9-15/h4,8-11,14,16,18-19H,1,5-7,12-13H2,2-3H3. The Bertz CT molecular complexity index is 375. The average Bonchev–Trinajstić information content (AvgIpc) is 2.48. The summed E-state index contributed by atoms with van der Waals surface area (Å²) in [7, 11) is 1.67. The Balaban J connectivity index is 2.58. The van der Waals surface area contributed by atoms with E-state index in [2.05, 4.69) is 18.8 Å². The number of anilines is 1. The number of hydrogen-bond acceptors (Lipinski definition) is 3. The van der Waals surface area contributed by atoms with Crippen molar-refractivity contribution in [3.63, 3.8) is 0 Å². The van der Waals surface area contributed by atoms with Gasteiger partial charge in [0.05, 0.1) is 7.11 Å². The van der Waals surface area contributed by atoms with Crippen LogP contribution in [0.2, 0.25) is 0 Å². The lowest BCUT2D eigenvalue weighted by molar-refractivity contribution is 0.281. The number of benzene rings is 1. The lowest BCUT2D eigenvalue weighted by atomic mass is 9.97. The normalized spacial score (nSPS) is 13.6. The number of allylic oxidation sites excluding steroid dienone is 1. The van der Waals surface area contributed by atoms with E-state index in [1.165, 1.54) is 0 Å². The second-order valence-electron chi connectivity index (χ2n) is 5.24. The zero-order valence-electron chi connectivity index (χ0n) is 12.6. The first kappa shape index (κ1) is 16.6. The molecule has 1 rings (SSSR count). The quantitative estimate of drug-likeness (QED) is 0.504. The molecule has 112 valence electrons. The molecular formula is C17H27NO2. The van der Waals surface area contributed by atoms with Gasteiger partial charge in [-0.3, -0.25) is 0 Å². The number of aliphatic hydroxyl groups excluding tert-OH is 1. The Morgan fingerprint density at radius 1 is 1.30 bits per heavy atom. The molecule has 0 aliphatic carbocycles. The Kier molecular flexibility index (Phi) is 7.81. The highest BCUT2D eigenvalue weighted by Crippen LogP contribution is 2.20. The lowest BCUT2D eigenvalue weighted by Gasteiger charge is -2.22. The third-order valence-electron chi connectivity index (χ3n) is 3.48. The van der Waals surface area contributed by atoms with Gasteiger partial charge in [0.25, 0.3) is 0 Å². The van der Waals surface area contributed by atoms with Crippen molar-refractivity contribution in [3.05, 3.63) is 36.9 Å². The van der Waals surface area contributed by atoms with Crippen LogP contribution in [0.4, 0.5) is 5.69 Å². The molecule has 0 saturated heterocycles. The van der Waals surface area contributed by atoms with Crippen LogP contribution in [0.1, 0.15) is 32.6 Å². The van der Waals surface area contributed by atoms with Crippen molar-refractivity contribution in [1.29, 1.82) is 0 Å². The van der Waals surface area contributed by atoms with Crippen molar-refractivity contribution in [3.8, 4) is 5.75 Å². The van der Waals surface area contributed by atoms with E-state index < -0.39 is 0 Å². The van der Waals surface area contributed by atoms with Crippen molar-refractivity contribution in [1.82, 2.24) is 0 Å². The molecule has 3 heteroatoms. The monoisotopic (exact) mass is 277 g/mol. The first-order chi connectivity index (χ1) is 9.69. The molecule has 0 heterocycles. The van der Waals surface area contributed by atoms with E-state index in [0.29, 0.717) is 12.0 Å². The molecule has 0 spiro atoms. The van der Waals surface area contributed by atoms with Crippen LogP contribution in [-0.4, -0.2) is 24.9 Å². The minimum Gasteiger partial charge on any atom is -0.497 e. The first-order valence-electron chi connectivity index (χ1n) is 7.33. The number of rotatable bonds is 10. The molecule has 0 radical (unpaired) electrons. The van der Waals surface area contributed by atoms with Crippen LogP contribution >= 0.6 is 0 Å². The van der Waals surface area contributed by atoms with E-state index in [-0.39, 0.29) is 6.61 Å². The van der Waals surface area contributed by atoms with Gasteiger partial charge in [0.15, 0.2) is 0 Å². The van der Waals surface area contributed by atoms with E-state index in [1.54, 1.807) is 7.11 Å². The average molecular weight is 277 g/mol. The Morgan fingerprint density at radius 3 is 2.55 bits per heavy atom. The number of hydrogen-bond donors (Lipinski definition) is 2. The van der Waals surface area contributed by atoms with Gasteiger partial charge in [0.2, 0.25) is 0 Å². The SMILES string of the molecule is C=CC(C)CC(CCCCO)Nc1ccc(OC)cc1. The van der Waals surface area contributed by atoms with Crippen molar-refractivity contribution < 1.29 is 9.84 Å². The molecule has 3 nitrogen and oxygen atoms in total. The zero-order chi connectivity index (χ0) is 14.8. The summed E-state index contributed by atoms with van der Waals surface area (Å²) in [5, 5.41) is 12.5. The van der Waals surface area contributed by atoms with Crippen LogP contribution < -0.4 is 10.1 Å². The van der Waals surface area contributed by atoms with E-state index in [1.807, 2.05) is 30.3 Å². The van der Waals surface area contributed by atoms with Crippen molar-refractivity contribution in [2.45, 2.75) is 38.6 Å². The van der Waals surface area contributed by atoms with E-state index in [9.17, 15) is 0 Å². The summed E-state index contributed by atoms with van der Waals surface area (Å²) in [5.41, 5.74) is 1.11. The Hall–Kier alpha value is -1.48. The second kappa shape index (κ2) is 9.43. The first-order valence-corrected chi connectivity index (χ1v) is 7.33. The van der Waals surface area contributed by atoms with E-state index in [4.69, 9.17) is 9.84 Å². The zero-order valence-corrected chi connectivity index (χ0v) is 12.6. The fraction of sp³-hybridized carbons (Fsp3) is 0.529. The van der Waals surface area contributed by atoms with Gasteiger partial charge in [-0.15, -0.1) is 6.58 Å². The summed E-state index contributed by atoms with van der Waals surface area (Å²) in [4.78, 5) is 0. The summed E-state index contributed by atoms with van der Waals surface area (Å²) >= 11 is 0. The molecule has 20 heavy (non-hydrogen) atoms. The Labute approximate surface area is 122 Å². The molecule has 0 aliphatic rings. The summed E-state index contributed by atoms with van der Waals surface area (Å²) < 4.78 is 5.17. The van der Waals surface area contributed by atoms with E-state index in [0.717, 1.165) is 37.1 Å². The Morgan fingerprint density at radius 2 is 2.00 bits per heavy atom. The van der Waals surface area contributed by atoms with Crippen molar-refractivity contribution in [2.24, 2.45) is 5.92 Å². The van der Waals surface area contributed by atoms with Gasteiger partial charge in [0.1, 0.15) is 5.75 Å².